The van der Waals surface area contributed by atoms with Crippen LogP contribution in [0, 0.1) is 0 Å². The van der Waals surface area contributed by atoms with E-state index in [1.54, 1.807) is 19.1 Å². The maximum Gasteiger partial charge on any atom is 0.340 e. The van der Waals surface area contributed by atoms with Gasteiger partial charge in [0.2, 0.25) is 0 Å². The summed E-state index contributed by atoms with van der Waals surface area (Å²) in [4.78, 5) is 31.5. The summed E-state index contributed by atoms with van der Waals surface area (Å²) < 4.78 is 6.06. The van der Waals surface area contributed by atoms with E-state index >= 15 is 0 Å². The van der Waals surface area contributed by atoms with Gasteiger partial charge in [-0.25, -0.2) is 9.78 Å². The molecule has 0 aliphatic rings. The summed E-state index contributed by atoms with van der Waals surface area (Å²) in [5, 5.41) is 22.7. The second-order valence-electron chi connectivity index (χ2n) is 5.85. The maximum absolute atomic E-state index is 12.5. The number of nitrogens with one attached hydrogen (secondary N) is 2. The van der Waals surface area contributed by atoms with Crippen molar-refractivity contribution in [3.8, 4) is 5.75 Å². The van der Waals surface area contributed by atoms with Crippen LogP contribution in [0.15, 0.2) is 24.4 Å². The summed E-state index contributed by atoms with van der Waals surface area (Å²) in [5.74, 6) is -1.60. The van der Waals surface area contributed by atoms with Gasteiger partial charge >= 0.3 is 5.97 Å². The number of amides is 1. The van der Waals surface area contributed by atoms with Gasteiger partial charge in [0.25, 0.3) is 5.91 Å². The molecule has 3 rings (SSSR count). The Morgan fingerprint density at radius 2 is 2.15 bits per heavy atom. The third-order valence-electron chi connectivity index (χ3n) is 3.89. The molecule has 142 valence electrons. The van der Waals surface area contributed by atoms with Crippen molar-refractivity contribution in [2.75, 3.05) is 11.9 Å². The third-order valence-corrected chi connectivity index (χ3v) is 5.08. The van der Waals surface area contributed by atoms with Crippen LogP contribution in [0.4, 0.5) is 5.82 Å². The molecule has 0 bridgehead atoms. The Labute approximate surface area is 162 Å². The number of anilines is 1. The fourth-order valence-corrected chi connectivity index (χ4v) is 3.51. The van der Waals surface area contributed by atoms with Crippen LogP contribution in [0.5, 0.6) is 5.75 Å². The number of aliphatic carboxylic acids is 1. The van der Waals surface area contributed by atoms with Crippen LogP contribution in [0.3, 0.4) is 0 Å². The van der Waals surface area contributed by atoms with Crippen LogP contribution < -0.4 is 10.1 Å². The topological polar surface area (TPSA) is 125 Å². The number of fused-ring (bicyclic) bond motifs is 1. The highest BCUT2D eigenvalue weighted by Gasteiger charge is 2.33. The second-order valence-corrected chi connectivity index (χ2v) is 7.54. The van der Waals surface area contributed by atoms with Crippen molar-refractivity contribution < 1.29 is 24.5 Å². The summed E-state index contributed by atoms with van der Waals surface area (Å²) in [5.41, 5.74) is -1.78. The van der Waals surface area contributed by atoms with Gasteiger partial charge in [-0.2, -0.15) is 0 Å². The highest BCUT2D eigenvalue weighted by molar-refractivity contribution is 7.22. The molecule has 10 heteroatoms. The maximum atomic E-state index is 12.5. The number of aromatic amines is 1. The number of hydrogen-bond donors (Lipinski definition) is 4. The van der Waals surface area contributed by atoms with E-state index in [-0.39, 0.29) is 23.7 Å². The Kier molecular flexibility index (Phi) is 5.09. The minimum absolute atomic E-state index is 0.0338. The number of ether oxygens (including phenoxy) is 1. The van der Waals surface area contributed by atoms with Gasteiger partial charge in [0.1, 0.15) is 10.5 Å². The number of carboxylic acids is 1. The lowest BCUT2D eigenvalue weighted by Crippen LogP contribution is -2.32. The zero-order valence-electron chi connectivity index (χ0n) is 14.4. The number of rotatable bonds is 6. The first kappa shape index (κ1) is 19.2. The largest absolute Gasteiger partial charge is 0.490 e. The van der Waals surface area contributed by atoms with Gasteiger partial charge in [0.05, 0.1) is 10.9 Å². The summed E-state index contributed by atoms with van der Waals surface area (Å²) >= 11 is 7.25. The van der Waals surface area contributed by atoms with Crippen molar-refractivity contribution in [3.63, 3.8) is 0 Å². The quantitative estimate of drug-likeness (QED) is 0.495. The second kappa shape index (κ2) is 7.18. The molecule has 4 N–H and O–H groups in total. The molecule has 0 saturated heterocycles. The van der Waals surface area contributed by atoms with E-state index < -0.39 is 17.5 Å². The zero-order valence-corrected chi connectivity index (χ0v) is 15.9. The van der Waals surface area contributed by atoms with Crippen molar-refractivity contribution in [2.45, 2.75) is 19.4 Å². The number of H-pyrrole nitrogens is 1. The Morgan fingerprint density at radius 3 is 2.78 bits per heavy atom. The van der Waals surface area contributed by atoms with Crippen LogP contribution in [0.2, 0.25) is 4.34 Å². The van der Waals surface area contributed by atoms with E-state index in [2.05, 4.69) is 15.3 Å². The Bertz CT molecular complexity index is 995. The fourth-order valence-electron chi connectivity index (χ4n) is 2.38. The molecule has 1 amide bonds. The third kappa shape index (κ3) is 3.75. The first-order chi connectivity index (χ1) is 12.7. The molecule has 0 saturated carbocycles. The van der Waals surface area contributed by atoms with E-state index in [0.29, 0.717) is 10.0 Å². The minimum atomic E-state index is -2.13. The van der Waals surface area contributed by atoms with Gasteiger partial charge in [-0.1, -0.05) is 11.6 Å². The molecular weight excluding hydrogens is 394 g/mol. The van der Waals surface area contributed by atoms with Crippen LogP contribution in [0.25, 0.3) is 10.2 Å². The molecule has 3 aromatic rings. The minimum Gasteiger partial charge on any atom is -0.490 e. The molecule has 1 atom stereocenters. The number of carboxylic acid groups (broad SMARTS) is 1. The average molecular weight is 410 g/mol. The van der Waals surface area contributed by atoms with Crippen molar-refractivity contribution in [2.24, 2.45) is 0 Å². The molecule has 1 unspecified atom stereocenters. The number of carbonyl (C=O) groups is 2. The van der Waals surface area contributed by atoms with Crippen LogP contribution in [-0.2, 0) is 10.4 Å². The number of aliphatic hydroxyl groups is 1. The van der Waals surface area contributed by atoms with Crippen LogP contribution in [0.1, 0.15) is 29.9 Å². The van der Waals surface area contributed by atoms with Gasteiger partial charge in [-0.3, -0.25) is 4.79 Å². The normalized spacial score (nSPS) is 13.3. The number of thiophene rings is 1. The highest BCUT2D eigenvalue weighted by atomic mass is 35.5. The Balaban J connectivity index is 1.89. The summed E-state index contributed by atoms with van der Waals surface area (Å²) in [6.45, 7) is 3.13. The van der Waals surface area contributed by atoms with Crippen LogP contribution >= 0.6 is 22.9 Å². The van der Waals surface area contributed by atoms with Crippen molar-refractivity contribution in [3.05, 3.63) is 40.0 Å². The molecule has 0 radical (unpaired) electrons. The monoisotopic (exact) mass is 409 g/mol. The average Bonchev–Trinajstić information content (AvgIpc) is 3.13. The number of aromatic nitrogens is 2. The van der Waals surface area contributed by atoms with E-state index in [1.807, 2.05) is 0 Å². The van der Waals surface area contributed by atoms with Gasteiger partial charge in [0, 0.05) is 17.1 Å². The lowest BCUT2D eigenvalue weighted by atomic mass is 9.98. The predicted octanol–water partition coefficient (Wildman–Crippen LogP) is 3.22. The lowest BCUT2D eigenvalue weighted by molar-refractivity contribution is -0.157. The molecule has 8 nitrogen and oxygen atoms in total. The summed E-state index contributed by atoms with van der Waals surface area (Å²) in [7, 11) is 0. The highest BCUT2D eigenvalue weighted by Crippen LogP contribution is 2.31. The van der Waals surface area contributed by atoms with E-state index in [9.17, 15) is 14.7 Å². The van der Waals surface area contributed by atoms with Gasteiger partial charge in [0.15, 0.2) is 17.2 Å². The molecule has 3 heterocycles. The molecule has 0 aliphatic carbocycles. The zero-order chi connectivity index (χ0) is 19.8. The molecule has 3 aromatic heterocycles. The standard InChI is InChI=1S/C17H16ClN3O5S/c1-3-26-11-6-9(17(2,25)16(23)24)7-19-13(11)21-14(22)10-4-8-5-12(18)27-15(8)20-10/h4-7,20,25H,3H2,1-2H3,(H,23,24)(H,19,21,22). The Morgan fingerprint density at radius 1 is 1.41 bits per heavy atom. The molecule has 0 aromatic carbocycles. The Hall–Kier alpha value is -2.62. The van der Waals surface area contributed by atoms with E-state index in [4.69, 9.17) is 21.4 Å². The van der Waals surface area contributed by atoms with E-state index in [1.165, 1.54) is 23.6 Å². The number of hydrogen-bond acceptors (Lipinski definition) is 6. The van der Waals surface area contributed by atoms with E-state index in [0.717, 1.165) is 17.1 Å². The summed E-state index contributed by atoms with van der Waals surface area (Å²) in [6, 6.07) is 4.76. The van der Waals surface area contributed by atoms with Gasteiger partial charge < -0.3 is 25.3 Å². The van der Waals surface area contributed by atoms with Gasteiger partial charge in [-0.15, -0.1) is 11.3 Å². The lowest BCUT2D eigenvalue weighted by Gasteiger charge is -2.20. The molecule has 0 spiro atoms. The first-order valence-electron chi connectivity index (χ1n) is 7.91. The molecule has 27 heavy (non-hydrogen) atoms. The summed E-state index contributed by atoms with van der Waals surface area (Å²) in [6.07, 6.45) is 1.18. The predicted molar refractivity (Wildman–Crippen MR) is 102 cm³/mol. The van der Waals surface area contributed by atoms with Crippen molar-refractivity contribution in [1.29, 1.82) is 0 Å². The fraction of sp³-hybridized carbons (Fsp3) is 0.235. The number of nitrogens with zero attached hydrogens (tertiary/aromatic N) is 1. The first-order valence-corrected chi connectivity index (χ1v) is 9.10. The molecule has 0 aliphatic heterocycles. The number of halogens is 1. The smallest absolute Gasteiger partial charge is 0.340 e. The van der Waals surface area contributed by atoms with Crippen LogP contribution in [-0.4, -0.2) is 38.7 Å². The number of carbonyl (C=O) groups excluding carboxylic acids is 1. The van der Waals surface area contributed by atoms with Gasteiger partial charge in [-0.05, 0) is 32.0 Å². The molecular formula is C17H16ClN3O5S. The van der Waals surface area contributed by atoms with Crippen molar-refractivity contribution >= 4 is 50.8 Å². The molecule has 0 fully saturated rings. The number of pyridine rings is 1. The SMILES string of the molecule is CCOc1cc(C(C)(O)C(=O)O)cnc1NC(=O)c1cc2cc(Cl)sc2[nH]1. The van der Waals surface area contributed by atoms with Crippen molar-refractivity contribution in [1.82, 2.24) is 9.97 Å².